The lowest BCUT2D eigenvalue weighted by Crippen LogP contribution is -2.19. The Bertz CT molecular complexity index is 672. The van der Waals surface area contributed by atoms with Gasteiger partial charge in [0.05, 0.1) is 10.7 Å². The summed E-state index contributed by atoms with van der Waals surface area (Å²) in [6, 6.07) is 6.23. The highest BCUT2D eigenvalue weighted by atomic mass is 35.5. The van der Waals surface area contributed by atoms with Crippen LogP contribution in [0.15, 0.2) is 29.1 Å². The fourth-order valence-electron chi connectivity index (χ4n) is 2.00. The summed E-state index contributed by atoms with van der Waals surface area (Å²) >= 11 is 5.75. The van der Waals surface area contributed by atoms with Crippen molar-refractivity contribution in [3.05, 3.63) is 62.5 Å². The van der Waals surface area contributed by atoms with Crippen LogP contribution >= 0.6 is 11.6 Å². The van der Waals surface area contributed by atoms with E-state index in [1.165, 1.54) is 12.1 Å². The molecule has 4 nitrogen and oxygen atoms in total. The predicted octanol–water partition coefficient (Wildman–Crippen LogP) is 2.65. The van der Waals surface area contributed by atoms with Gasteiger partial charge in [0, 0.05) is 19.0 Å². The van der Waals surface area contributed by atoms with Crippen molar-refractivity contribution in [3.63, 3.8) is 0 Å². The fourth-order valence-corrected chi connectivity index (χ4v) is 2.19. The molecule has 112 valence electrons. The van der Waals surface area contributed by atoms with E-state index in [-0.39, 0.29) is 17.0 Å². The molecule has 0 atom stereocenters. The van der Waals surface area contributed by atoms with Crippen LogP contribution in [0.5, 0.6) is 0 Å². The van der Waals surface area contributed by atoms with E-state index in [1.807, 2.05) is 0 Å². The molecule has 0 radical (unpaired) electrons. The smallest absolute Gasteiger partial charge is 0.251 e. The van der Waals surface area contributed by atoms with Crippen molar-refractivity contribution in [1.29, 1.82) is 0 Å². The largest absolute Gasteiger partial charge is 0.311 e. The van der Waals surface area contributed by atoms with Gasteiger partial charge in [-0.3, -0.25) is 4.79 Å². The summed E-state index contributed by atoms with van der Waals surface area (Å²) < 4.78 is 13.9. The molecule has 0 aliphatic rings. The van der Waals surface area contributed by atoms with E-state index in [4.69, 9.17) is 11.6 Å². The number of hydrogen-bond donors (Lipinski definition) is 2. The minimum atomic E-state index is -0.476. The van der Waals surface area contributed by atoms with Gasteiger partial charge in [0.25, 0.3) is 5.56 Å². The number of halogens is 2. The van der Waals surface area contributed by atoms with Gasteiger partial charge in [-0.05, 0) is 24.6 Å². The first kappa shape index (κ1) is 15.7. The van der Waals surface area contributed by atoms with Crippen molar-refractivity contribution in [2.75, 3.05) is 6.54 Å². The van der Waals surface area contributed by atoms with E-state index >= 15 is 0 Å². The second-order valence-electron chi connectivity index (χ2n) is 4.75. The number of nitrogens with one attached hydrogen (secondary N) is 2. The number of rotatable bonds is 6. The third-order valence-corrected chi connectivity index (χ3v) is 3.26. The lowest BCUT2D eigenvalue weighted by atomic mass is 10.1. The number of hydrogen-bond acceptors (Lipinski definition) is 3. The van der Waals surface area contributed by atoms with Crippen LogP contribution in [0.2, 0.25) is 5.02 Å². The third-order valence-electron chi connectivity index (χ3n) is 2.97. The molecule has 0 amide bonds. The van der Waals surface area contributed by atoms with Crippen LogP contribution in [0.25, 0.3) is 0 Å². The second kappa shape index (κ2) is 7.33. The Morgan fingerprint density at radius 3 is 3.00 bits per heavy atom. The summed E-state index contributed by atoms with van der Waals surface area (Å²) in [4.78, 5) is 18.6. The van der Waals surface area contributed by atoms with E-state index in [1.54, 1.807) is 12.1 Å². The van der Waals surface area contributed by atoms with Crippen LogP contribution in [0.1, 0.15) is 30.4 Å². The quantitative estimate of drug-likeness (QED) is 0.807. The van der Waals surface area contributed by atoms with Crippen molar-refractivity contribution in [2.24, 2.45) is 0 Å². The standard InChI is InChI=1S/C15H17ClFN3O/c1-2-6-18-9-11-8-14(21)20-13(19-11)7-10-4-3-5-12(16)15(10)17/h3-5,8,18H,2,6-7,9H2,1H3,(H,19,20,21). The molecule has 2 rings (SSSR count). The van der Waals surface area contributed by atoms with Crippen molar-refractivity contribution in [3.8, 4) is 0 Å². The molecule has 0 aliphatic carbocycles. The molecule has 0 spiro atoms. The van der Waals surface area contributed by atoms with Gasteiger partial charge >= 0.3 is 0 Å². The second-order valence-corrected chi connectivity index (χ2v) is 5.16. The molecular formula is C15H17ClFN3O. The molecule has 1 aromatic heterocycles. The molecule has 2 aromatic rings. The fraction of sp³-hybridized carbons (Fsp3) is 0.333. The maximum absolute atomic E-state index is 13.9. The lowest BCUT2D eigenvalue weighted by Gasteiger charge is -2.07. The van der Waals surface area contributed by atoms with E-state index in [2.05, 4.69) is 22.2 Å². The molecule has 6 heteroatoms. The Morgan fingerprint density at radius 1 is 1.43 bits per heavy atom. The summed E-state index contributed by atoms with van der Waals surface area (Å²) in [6.07, 6.45) is 1.20. The van der Waals surface area contributed by atoms with Crippen LogP contribution in [0.3, 0.4) is 0 Å². The van der Waals surface area contributed by atoms with Crippen LogP contribution in [-0.2, 0) is 13.0 Å². The maximum atomic E-state index is 13.9. The average Bonchev–Trinajstić information content (AvgIpc) is 2.44. The van der Waals surface area contributed by atoms with Crippen LogP contribution in [0.4, 0.5) is 4.39 Å². The molecule has 1 heterocycles. The predicted molar refractivity (Wildman–Crippen MR) is 81.1 cm³/mol. The number of aromatic amines is 1. The monoisotopic (exact) mass is 309 g/mol. The highest BCUT2D eigenvalue weighted by Gasteiger charge is 2.09. The molecule has 0 fully saturated rings. The zero-order valence-electron chi connectivity index (χ0n) is 11.7. The molecule has 21 heavy (non-hydrogen) atoms. The Kier molecular flexibility index (Phi) is 5.47. The topological polar surface area (TPSA) is 57.8 Å². The highest BCUT2D eigenvalue weighted by molar-refractivity contribution is 6.30. The summed E-state index contributed by atoms with van der Waals surface area (Å²) in [7, 11) is 0. The van der Waals surface area contributed by atoms with Crippen LogP contribution in [0, 0.1) is 5.82 Å². The molecule has 0 saturated carbocycles. The van der Waals surface area contributed by atoms with Gasteiger partial charge in [0.15, 0.2) is 0 Å². The SMILES string of the molecule is CCCNCc1cc(=O)[nH]c(Cc2cccc(Cl)c2F)n1. The summed E-state index contributed by atoms with van der Waals surface area (Å²) in [5, 5.41) is 3.25. The lowest BCUT2D eigenvalue weighted by molar-refractivity contribution is 0.611. The molecule has 0 unspecified atom stereocenters. The van der Waals surface area contributed by atoms with E-state index < -0.39 is 5.82 Å². The van der Waals surface area contributed by atoms with Crippen molar-refractivity contribution < 1.29 is 4.39 Å². The van der Waals surface area contributed by atoms with Crippen molar-refractivity contribution in [1.82, 2.24) is 15.3 Å². The minimum Gasteiger partial charge on any atom is -0.311 e. The van der Waals surface area contributed by atoms with E-state index in [9.17, 15) is 9.18 Å². The zero-order valence-corrected chi connectivity index (χ0v) is 12.5. The van der Waals surface area contributed by atoms with Gasteiger partial charge in [-0.2, -0.15) is 0 Å². The molecule has 0 aliphatic heterocycles. The Balaban J connectivity index is 2.20. The Labute approximate surface area is 127 Å². The Morgan fingerprint density at radius 2 is 2.24 bits per heavy atom. The minimum absolute atomic E-state index is 0.0654. The van der Waals surface area contributed by atoms with Gasteiger partial charge in [-0.15, -0.1) is 0 Å². The summed E-state index contributed by atoms with van der Waals surface area (Å²) in [6.45, 7) is 3.43. The van der Waals surface area contributed by atoms with Gasteiger partial charge in [-0.25, -0.2) is 9.37 Å². The third kappa shape index (κ3) is 4.37. The summed E-state index contributed by atoms with van der Waals surface area (Å²) in [5.74, 6) is -0.0479. The van der Waals surface area contributed by atoms with Gasteiger partial charge in [0.1, 0.15) is 11.6 Å². The van der Waals surface area contributed by atoms with Gasteiger partial charge in [-0.1, -0.05) is 30.7 Å². The van der Waals surface area contributed by atoms with Gasteiger partial charge in [0.2, 0.25) is 0 Å². The molecule has 1 aromatic carbocycles. The van der Waals surface area contributed by atoms with E-state index in [0.717, 1.165) is 13.0 Å². The average molecular weight is 310 g/mol. The Hall–Kier alpha value is -1.72. The van der Waals surface area contributed by atoms with Crippen molar-refractivity contribution >= 4 is 11.6 Å². The number of H-pyrrole nitrogens is 1. The first-order chi connectivity index (χ1) is 10.1. The highest BCUT2D eigenvalue weighted by Crippen LogP contribution is 2.19. The first-order valence-corrected chi connectivity index (χ1v) is 7.20. The van der Waals surface area contributed by atoms with Crippen molar-refractivity contribution in [2.45, 2.75) is 26.3 Å². The maximum Gasteiger partial charge on any atom is 0.251 e. The van der Waals surface area contributed by atoms with E-state index in [0.29, 0.717) is 23.6 Å². The van der Waals surface area contributed by atoms with Gasteiger partial charge < -0.3 is 10.3 Å². The normalized spacial score (nSPS) is 10.8. The zero-order chi connectivity index (χ0) is 15.2. The number of aromatic nitrogens is 2. The summed E-state index contributed by atoms with van der Waals surface area (Å²) in [5.41, 5.74) is 0.810. The number of nitrogens with zero attached hydrogens (tertiary/aromatic N) is 1. The molecular weight excluding hydrogens is 293 g/mol. The molecule has 2 N–H and O–H groups in total. The van der Waals surface area contributed by atoms with Crippen LogP contribution in [-0.4, -0.2) is 16.5 Å². The molecule has 0 bridgehead atoms. The number of benzene rings is 1. The first-order valence-electron chi connectivity index (χ1n) is 6.83. The molecule has 0 saturated heterocycles. The van der Waals surface area contributed by atoms with Crippen LogP contribution < -0.4 is 10.9 Å².